The maximum atomic E-state index is 13.0. The van der Waals surface area contributed by atoms with E-state index in [1.54, 1.807) is 0 Å². The fourth-order valence-corrected chi connectivity index (χ4v) is 3.44. The van der Waals surface area contributed by atoms with E-state index in [0.717, 1.165) is 0 Å². The Balaban J connectivity index is 2.80. The molecule has 0 spiro atoms. The molecular weight excluding hydrogens is 404 g/mol. The van der Waals surface area contributed by atoms with Gasteiger partial charge in [-0.25, -0.2) is 0 Å². The summed E-state index contributed by atoms with van der Waals surface area (Å²) < 4.78 is 0. The summed E-state index contributed by atoms with van der Waals surface area (Å²) >= 11 is 1.48. The summed E-state index contributed by atoms with van der Waals surface area (Å²) in [5, 5.41) is 22.3. The van der Waals surface area contributed by atoms with E-state index < -0.39 is 54.3 Å². The summed E-state index contributed by atoms with van der Waals surface area (Å²) in [5.74, 6) is -3.30. The van der Waals surface area contributed by atoms with Gasteiger partial charge in [-0.15, -0.1) is 0 Å². The molecule has 0 radical (unpaired) electrons. The number of amides is 3. The minimum atomic E-state index is -1.19. The number of nitrogens with two attached hydrogens (primary N) is 1. The van der Waals surface area contributed by atoms with Crippen molar-refractivity contribution in [1.29, 1.82) is 0 Å². The van der Waals surface area contributed by atoms with E-state index in [0.29, 0.717) is 31.6 Å². The summed E-state index contributed by atoms with van der Waals surface area (Å²) in [7, 11) is 0. The normalized spacial score (nSPS) is 18.0. The topological polar surface area (TPSA) is 179 Å². The third-order valence-electron chi connectivity index (χ3n) is 4.48. The van der Waals surface area contributed by atoms with E-state index in [9.17, 15) is 24.0 Å². The molecule has 1 saturated heterocycles. The number of rotatable bonds is 12. The van der Waals surface area contributed by atoms with Crippen molar-refractivity contribution in [3.8, 4) is 0 Å². The van der Waals surface area contributed by atoms with Gasteiger partial charge in [0, 0.05) is 13.0 Å². The van der Waals surface area contributed by atoms with Gasteiger partial charge in [0.25, 0.3) is 0 Å². The first kappa shape index (κ1) is 24.7. The van der Waals surface area contributed by atoms with E-state index in [4.69, 9.17) is 15.9 Å². The van der Waals surface area contributed by atoms with Crippen molar-refractivity contribution in [3.05, 3.63) is 0 Å². The predicted octanol–water partition coefficient (Wildman–Crippen LogP) is -1.39. The van der Waals surface area contributed by atoms with Gasteiger partial charge in [0.1, 0.15) is 18.6 Å². The average Bonchev–Trinajstić information content (AvgIpc) is 3.16. The van der Waals surface area contributed by atoms with Gasteiger partial charge in [-0.05, 0) is 37.7 Å². The number of likely N-dealkylation sites (tertiary alicyclic amines) is 1. The number of carboxylic acids is 2. The molecule has 29 heavy (non-hydrogen) atoms. The molecule has 3 unspecified atom stereocenters. The number of nitrogens with zero attached hydrogens (tertiary/aromatic N) is 1. The summed E-state index contributed by atoms with van der Waals surface area (Å²) in [4.78, 5) is 60.2. The summed E-state index contributed by atoms with van der Waals surface area (Å²) in [6.45, 7) is -0.219. The summed E-state index contributed by atoms with van der Waals surface area (Å²) in [6.07, 6.45) is 2.82. The highest BCUT2D eigenvalue weighted by Gasteiger charge is 2.37. The van der Waals surface area contributed by atoms with E-state index in [-0.39, 0.29) is 12.8 Å². The monoisotopic (exact) mass is 432 g/mol. The Morgan fingerprint density at radius 2 is 1.86 bits per heavy atom. The smallest absolute Gasteiger partial charge is 0.322 e. The molecule has 1 rings (SSSR count). The molecule has 3 atom stereocenters. The quantitative estimate of drug-likeness (QED) is 0.248. The lowest BCUT2D eigenvalue weighted by molar-refractivity contribution is -0.143. The van der Waals surface area contributed by atoms with Crippen molar-refractivity contribution >= 4 is 41.4 Å². The summed E-state index contributed by atoms with van der Waals surface area (Å²) in [6, 6.07) is -2.76. The molecule has 0 aromatic rings. The van der Waals surface area contributed by atoms with Crippen molar-refractivity contribution in [3.63, 3.8) is 0 Å². The molecule has 0 saturated carbocycles. The number of hydrogen-bond donors (Lipinski definition) is 5. The number of carbonyl (C=O) groups is 5. The first-order valence-corrected chi connectivity index (χ1v) is 10.6. The minimum absolute atomic E-state index is 0.0610. The van der Waals surface area contributed by atoms with Gasteiger partial charge in [-0.1, -0.05) is 0 Å². The largest absolute Gasteiger partial charge is 0.481 e. The third-order valence-corrected chi connectivity index (χ3v) is 5.13. The van der Waals surface area contributed by atoms with Gasteiger partial charge in [0.2, 0.25) is 17.7 Å². The van der Waals surface area contributed by atoms with Crippen LogP contribution in [-0.2, 0) is 24.0 Å². The van der Waals surface area contributed by atoms with Gasteiger partial charge in [-0.3, -0.25) is 24.0 Å². The van der Waals surface area contributed by atoms with E-state index >= 15 is 0 Å². The predicted molar refractivity (Wildman–Crippen MR) is 105 cm³/mol. The Hall–Kier alpha value is -2.34. The lowest BCUT2D eigenvalue weighted by atomic mass is 10.1. The van der Waals surface area contributed by atoms with E-state index in [1.165, 1.54) is 16.7 Å². The number of carbonyl (C=O) groups excluding carboxylic acids is 3. The molecule has 0 aromatic carbocycles. The maximum absolute atomic E-state index is 13.0. The van der Waals surface area contributed by atoms with Crippen LogP contribution in [0.25, 0.3) is 0 Å². The van der Waals surface area contributed by atoms with Gasteiger partial charge >= 0.3 is 11.9 Å². The van der Waals surface area contributed by atoms with Crippen molar-refractivity contribution in [2.24, 2.45) is 5.73 Å². The molecule has 1 aliphatic heterocycles. The number of nitrogens with one attached hydrogen (secondary N) is 2. The van der Waals surface area contributed by atoms with Crippen LogP contribution in [0.1, 0.15) is 32.1 Å². The zero-order valence-electron chi connectivity index (χ0n) is 16.3. The number of aliphatic carboxylic acids is 2. The summed E-state index contributed by atoms with van der Waals surface area (Å²) in [5.41, 5.74) is 5.71. The molecule has 1 fully saturated rings. The molecule has 11 nitrogen and oxygen atoms in total. The second-order valence-electron chi connectivity index (χ2n) is 6.68. The van der Waals surface area contributed by atoms with Crippen LogP contribution in [0.4, 0.5) is 0 Å². The van der Waals surface area contributed by atoms with Crippen molar-refractivity contribution in [2.45, 2.75) is 50.2 Å². The Morgan fingerprint density at radius 1 is 1.17 bits per heavy atom. The fraction of sp³-hybridized carbons (Fsp3) is 0.706. The lowest BCUT2D eigenvalue weighted by Gasteiger charge is -2.29. The highest BCUT2D eigenvalue weighted by molar-refractivity contribution is 7.98. The highest BCUT2D eigenvalue weighted by atomic mass is 32.2. The molecule has 1 heterocycles. The molecular formula is C17H28N4O7S. The number of thioether (sulfide) groups is 1. The fourth-order valence-electron chi connectivity index (χ4n) is 2.97. The molecule has 1 aliphatic rings. The zero-order valence-corrected chi connectivity index (χ0v) is 17.1. The highest BCUT2D eigenvalue weighted by Crippen LogP contribution is 2.20. The van der Waals surface area contributed by atoms with Crippen LogP contribution in [0.5, 0.6) is 0 Å². The van der Waals surface area contributed by atoms with Crippen LogP contribution in [0, 0.1) is 0 Å². The average molecular weight is 432 g/mol. The second-order valence-corrected chi connectivity index (χ2v) is 7.67. The Morgan fingerprint density at radius 3 is 2.45 bits per heavy atom. The first-order chi connectivity index (χ1) is 13.7. The van der Waals surface area contributed by atoms with Crippen molar-refractivity contribution in [1.82, 2.24) is 15.5 Å². The van der Waals surface area contributed by atoms with Gasteiger partial charge in [-0.2, -0.15) is 11.8 Å². The standard InChI is InChI=1S/C17H28N4O7S/c1-29-8-6-11(20-15(26)10(18)4-5-13(22)23)17(28)21-7-2-3-12(21)16(27)19-9-14(24)25/h10-12H,2-9,18H2,1H3,(H,19,27)(H,20,26)(H,22,23)(H,24,25). The minimum Gasteiger partial charge on any atom is -0.481 e. The molecule has 164 valence electrons. The Labute approximate surface area is 172 Å². The van der Waals surface area contributed by atoms with Crippen LogP contribution in [0.15, 0.2) is 0 Å². The van der Waals surface area contributed by atoms with Crippen molar-refractivity contribution in [2.75, 3.05) is 25.1 Å². The van der Waals surface area contributed by atoms with Crippen LogP contribution in [0.2, 0.25) is 0 Å². The molecule has 6 N–H and O–H groups in total. The first-order valence-electron chi connectivity index (χ1n) is 9.24. The molecule has 12 heteroatoms. The molecule has 0 bridgehead atoms. The van der Waals surface area contributed by atoms with Crippen LogP contribution in [0.3, 0.4) is 0 Å². The lowest BCUT2D eigenvalue weighted by Crippen LogP contribution is -2.56. The van der Waals surface area contributed by atoms with Crippen LogP contribution in [-0.4, -0.2) is 88.0 Å². The van der Waals surface area contributed by atoms with Crippen molar-refractivity contribution < 1.29 is 34.2 Å². The molecule has 3 amide bonds. The second kappa shape index (κ2) is 12.3. The van der Waals surface area contributed by atoms with Crippen LogP contribution < -0.4 is 16.4 Å². The number of hydrogen-bond acceptors (Lipinski definition) is 7. The molecule has 0 aliphatic carbocycles. The van der Waals surface area contributed by atoms with Gasteiger partial charge in [0.05, 0.1) is 6.04 Å². The SMILES string of the molecule is CSCCC(NC(=O)C(N)CCC(=O)O)C(=O)N1CCCC1C(=O)NCC(=O)O. The Bertz CT molecular complexity index is 631. The van der Waals surface area contributed by atoms with E-state index in [2.05, 4.69) is 10.6 Å². The Kier molecular flexibility index (Phi) is 10.5. The van der Waals surface area contributed by atoms with Gasteiger partial charge < -0.3 is 31.5 Å². The zero-order chi connectivity index (χ0) is 22.0. The molecule has 0 aromatic heterocycles. The van der Waals surface area contributed by atoms with E-state index in [1.807, 2.05) is 6.26 Å². The number of carboxylic acid groups (broad SMARTS) is 2. The van der Waals surface area contributed by atoms with Gasteiger partial charge in [0.15, 0.2) is 0 Å². The van der Waals surface area contributed by atoms with Crippen LogP contribution >= 0.6 is 11.8 Å². The third kappa shape index (κ3) is 8.28. The maximum Gasteiger partial charge on any atom is 0.322 e.